The molecule has 1 aromatic heterocycles. The predicted molar refractivity (Wildman–Crippen MR) is 64.7 cm³/mol. The summed E-state index contributed by atoms with van der Waals surface area (Å²) in [7, 11) is -3.36. The molecular weight excluding hydrogens is 244 g/mol. The maximum Gasteiger partial charge on any atom is 0.241 e. The minimum absolute atomic E-state index is 0.102. The Kier molecular flexibility index (Phi) is 3.34. The second kappa shape index (κ2) is 4.44. The SMILES string of the molecule is CC1CC(NS(=O)(=O)c2ccsc2CN)C1. The Bertz CT molecular complexity index is 461. The third kappa shape index (κ3) is 2.29. The summed E-state index contributed by atoms with van der Waals surface area (Å²) in [6.07, 6.45) is 1.86. The Morgan fingerprint density at radius 3 is 2.81 bits per heavy atom. The molecular formula is C10H16N2O2S2. The monoisotopic (exact) mass is 260 g/mol. The number of hydrogen-bond acceptors (Lipinski definition) is 4. The molecule has 0 bridgehead atoms. The van der Waals surface area contributed by atoms with Crippen LogP contribution >= 0.6 is 11.3 Å². The van der Waals surface area contributed by atoms with Crippen molar-refractivity contribution in [2.75, 3.05) is 0 Å². The van der Waals surface area contributed by atoms with E-state index in [1.165, 1.54) is 11.3 Å². The molecule has 0 aromatic carbocycles. The minimum atomic E-state index is -3.36. The van der Waals surface area contributed by atoms with Crippen molar-refractivity contribution in [2.24, 2.45) is 11.7 Å². The fourth-order valence-corrected chi connectivity index (χ4v) is 4.60. The van der Waals surface area contributed by atoms with Crippen molar-refractivity contribution in [3.8, 4) is 0 Å². The molecule has 0 radical (unpaired) electrons. The van der Waals surface area contributed by atoms with Crippen molar-refractivity contribution in [1.82, 2.24) is 4.72 Å². The molecule has 0 aliphatic heterocycles. The van der Waals surface area contributed by atoms with Crippen molar-refractivity contribution < 1.29 is 8.42 Å². The molecule has 90 valence electrons. The Labute approximate surface area is 99.9 Å². The van der Waals surface area contributed by atoms with E-state index in [1.807, 2.05) is 0 Å². The van der Waals surface area contributed by atoms with Crippen molar-refractivity contribution in [1.29, 1.82) is 0 Å². The van der Waals surface area contributed by atoms with Crippen LogP contribution in [0.25, 0.3) is 0 Å². The van der Waals surface area contributed by atoms with Crippen LogP contribution in [0.4, 0.5) is 0 Å². The predicted octanol–water partition coefficient (Wildman–Crippen LogP) is 1.28. The van der Waals surface area contributed by atoms with E-state index >= 15 is 0 Å². The van der Waals surface area contributed by atoms with Gasteiger partial charge in [0.25, 0.3) is 0 Å². The van der Waals surface area contributed by atoms with Gasteiger partial charge in [-0.3, -0.25) is 0 Å². The van der Waals surface area contributed by atoms with E-state index in [-0.39, 0.29) is 12.6 Å². The number of nitrogens with one attached hydrogen (secondary N) is 1. The van der Waals surface area contributed by atoms with Gasteiger partial charge in [0.05, 0.1) is 4.90 Å². The van der Waals surface area contributed by atoms with Crippen molar-refractivity contribution in [3.63, 3.8) is 0 Å². The quantitative estimate of drug-likeness (QED) is 0.856. The lowest BCUT2D eigenvalue weighted by Crippen LogP contribution is -2.43. The molecule has 1 saturated carbocycles. The molecule has 2 rings (SSSR count). The van der Waals surface area contributed by atoms with E-state index in [9.17, 15) is 8.42 Å². The lowest BCUT2D eigenvalue weighted by atomic mass is 9.83. The van der Waals surface area contributed by atoms with Gasteiger partial charge >= 0.3 is 0 Å². The van der Waals surface area contributed by atoms with Gasteiger partial charge in [0.2, 0.25) is 10.0 Å². The van der Waals surface area contributed by atoms with Gasteiger partial charge < -0.3 is 5.73 Å². The number of hydrogen-bond donors (Lipinski definition) is 2. The largest absolute Gasteiger partial charge is 0.326 e. The van der Waals surface area contributed by atoms with Crippen molar-refractivity contribution in [2.45, 2.75) is 37.2 Å². The maximum absolute atomic E-state index is 12.0. The molecule has 4 nitrogen and oxygen atoms in total. The summed E-state index contributed by atoms with van der Waals surface area (Å²) in [5.74, 6) is 0.629. The second-order valence-electron chi connectivity index (χ2n) is 4.31. The molecule has 0 saturated heterocycles. The molecule has 0 unspecified atom stereocenters. The van der Waals surface area contributed by atoms with Crippen LogP contribution in [-0.4, -0.2) is 14.5 Å². The molecule has 6 heteroatoms. The van der Waals surface area contributed by atoms with Crippen LogP contribution in [-0.2, 0) is 16.6 Å². The van der Waals surface area contributed by atoms with Crippen LogP contribution in [0, 0.1) is 5.92 Å². The van der Waals surface area contributed by atoms with Crippen molar-refractivity contribution >= 4 is 21.4 Å². The highest BCUT2D eigenvalue weighted by atomic mass is 32.2. The summed E-state index contributed by atoms with van der Waals surface area (Å²) in [5.41, 5.74) is 5.51. The highest BCUT2D eigenvalue weighted by Gasteiger charge is 2.30. The third-order valence-electron chi connectivity index (χ3n) is 2.88. The number of thiophene rings is 1. The molecule has 1 fully saturated rings. The zero-order valence-corrected chi connectivity index (χ0v) is 10.8. The third-order valence-corrected chi connectivity index (χ3v) is 5.55. The standard InChI is InChI=1S/C10H16N2O2S2/c1-7-4-8(5-7)12-16(13,14)10-2-3-15-9(10)6-11/h2-3,7-8,12H,4-6,11H2,1H3. The summed E-state index contributed by atoms with van der Waals surface area (Å²) in [4.78, 5) is 1.07. The van der Waals surface area contributed by atoms with E-state index < -0.39 is 10.0 Å². The van der Waals surface area contributed by atoms with Gasteiger partial charge in [0.1, 0.15) is 0 Å². The maximum atomic E-state index is 12.0. The second-order valence-corrected chi connectivity index (χ2v) is 6.99. The fraction of sp³-hybridized carbons (Fsp3) is 0.600. The Hall–Kier alpha value is -0.430. The first-order chi connectivity index (χ1) is 7.53. The smallest absolute Gasteiger partial charge is 0.241 e. The fourth-order valence-electron chi connectivity index (χ4n) is 2.00. The molecule has 0 spiro atoms. The topological polar surface area (TPSA) is 72.2 Å². The van der Waals surface area contributed by atoms with Crippen LogP contribution in [0.3, 0.4) is 0 Å². The molecule has 0 atom stereocenters. The van der Waals surface area contributed by atoms with Gasteiger partial charge in [-0.25, -0.2) is 13.1 Å². The first kappa shape index (κ1) is 12.0. The first-order valence-corrected chi connectivity index (χ1v) is 7.68. The van der Waals surface area contributed by atoms with Crippen LogP contribution in [0.5, 0.6) is 0 Å². The number of sulfonamides is 1. The van der Waals surface area contributed by atoms with Crippen LogP contribution in [0.2, 0.25) is 0 Å². The van der Waals surface area contributed by atoms with Crippen LogP contribution < -0.4 is 10.5 Å². The Morgan fingerprint density at radius 2 is 2.25 bits per heavy atom. The highest BCUT2D eigenvalue weighted by molar-refractivity contribution is 7.89. The molecule has 3 N–H and O–H groups in total. The average molecular weight is 260 g/mol. The van der Waals surface area contributed by atoms with E-state index in [0.29, 0.717) is 10.8 Å². The summed E-state index contributed by atoms with van der Waals surface area (Å²) in [6.45, 7) is 2.40. The molecule has 0 amide bonds. The number of nitrogens with two attached hydrogens (primary N) is 1. The highest BCUT2D eigenvalue weighted by Crippen LogP contribution is 2.29. The van der Waals surface area contributed by atoms with Gasteiger partial charge in [-0.2, -0.15) is 0 Å². The lowest BCUT2D eigenvalue weighted by Gasteiger charge is -2.32. The van der Waals surface area contributed by atoms with E-state index in [0.717, 1.165) is 17.7 Å². The van der Waals surface area contributed by atoms with Crippen molar-refractivity contribution in [3.05, 3.63) is 16.3 Å². The van der Waals surface area contributed by atoms with E-state index in [2.05, 4.69) is 11.6 Å². The average Bonchev–Trinajstić information content (AvgIpc) is 2.63. The summed E-state index contributed by atoms with van der Waals surface area (Å²) < 4.78 is 26.8. The molecule has 1 heterocycles. The summed E-state index contributed by atoms with van der Waals surface area (Å²) in [6, 6.07) is 1.72. The van der Waals surface area contributed by atoms with Gasteiger partial charge in [0.15, 0.2) is 0 Å². The molecule has 1 aromatic rings. The first-order valence-electron chi connectivity index (χ1n) is 5.31. The zero-order valence-electron chi connectivity index (χ0n) is 9.14. The summed E-state index contributed by atoms with van der Waals surface area (Å²) in [5, 5.41) is 1.76. The normalized spacial score (nSPS) is 25.4. The Morgan fingerprint density at radius 1 is 1.56 bits per heavy atom. The Balaban J connectivity index is 2.13. The summed E-state index contributed by atoms with van der Waals surface area (Å²) >= 11 is 1.39. The van der Waals surface area contributed by atoms with Crippen LogP contribution in [0.15, 0.2) is 16.3 Å². The van der Waals surface area contributed by atoms with E-state index in [1.54, 1.807) is 11.4 Å². The van der Waals surface area contributed by atoms with Crippen LogP contribution in [0.1, 0.15) is 24.6 Å². The minimum Gasteiger partial charge on any atom is -0.326 e. The number of rotatable bonds is 4. The van der Waals surface area contributed by atoms with Gasteiger partial charge in [-0.05, 0) is 30.2 Å². The van der Waals surface area contributed by atoms with Gasteiger partial charge in [0, 0.05) is 17.5 Å². The lowest BCUT2D eigenvalue weighted by molar-refractivity contribution is 0.270. The molecule has 1 aliphatic rings. The van der Waals surface area contributed by atoms with Gasteiger partial charge in [-0.15, -0.1) is 11.3 Å². The van der Waals surface area contributed by atoms with Gasteiger partial charge in [-0.1, -0.05) is 6.92 Å². The zero-order chi connectivity index (χ0) is 11.8. The molecule has 1 aliphatic carbocycles. The molecule has 16 heavy (non-hydrogen) atoms. The van der Waals surface area contributed by atoms with E-state index in [4.69, 9.17) is 5.73 Å².